The molecule has 1 aliphatic heterocycles. The lowest BCUT2D eigenvalue weighted by atomic mass is 10.1. The van der Waals surface area contributed by atoms with Crippen molar-refractivity contribution in [3.05, 3.63) is 10.6 Å². The summed E-state index contributed by atoms with van der Waals surface area (Å²) in [6, 6.07) is 0.0206. The maximum Gasteiger partial charge on any atom is 0.407 e. The van der Waals surface area contributed by atoms with Crippen LogP contribution in [0.2, 0.25) is 0 Å². The van der Waals surface area contributed by atoms with Gasteiger partial charge in [0, 0.05) is 13.1 Å². The van der Waals surface area contributed by atoms with Crippen molar-refractivity contribution >= 4 is 28.5 Å². The molecule has 1 saturated heterocycles. The zero-order valence-electron chi connectivity index (χ0n) is 15.7. The van der Waals surface area contributed by atoms with Gasteiger partial charge in [-0.15, -0.1) is 0 Å². The number of nitrogens with one attached hydrogen (secondary N) is 1. The molecule has 1 N–H and O–H groups in total. The number of aromatic nitrogens is 1. The molecule has 0 radical (unpaired) electrons. The van der Waals surface area contributed by atoms with E-state index in [9.17, 15) is 9.59 Å². The zero-order valence-corrected chi connectivity index (χ0v) is 16.5. The number of amides is 1. The van der Waals surface area contributed by atoms with Gasteiger partial charge in [-0.05, 0) is 33.6 Å². The van der Waals surface area contributed by atoms with Gasteiger partial charge in [-0.3, -0.25) is 0 Å². The molecule has 1 aromatic rings. The highest BCUT2D eigenvalue weighted by atomic mass is 32.1. The summed E-state index contributed by atoms with van der Waals surface area (Å²) in [5.41, 5.74) is 0.255. The van der Waals surface area contributed by atoms with Crippen LogP contribution in [-0.2, 0) is 9.47 Å². The number of alkyl carbamates (subject to hydrolysis) is 1. The van der Waals surface area contributed by atoms with E-state index in [2.05, 4.69) is 10.3 Å². The minimum atomic E-state index is -0.510. The molecule has 1 fully saturated rings. The van der Waals surface area contributed by atoms with Crippen LogP contribution < -0.4 is 10.2 Å². The van der Waals surface area contributed by atoms with Crippen LogP contribution >= 0.6 is 11.3 Å². The Hall–Kier alpha value is -1.83. The Morgan fingerprint density at radius 2 is 2.00 bits per heavy atom. The van der Waals surface area contributed by atoms with Crippen LogP contribution in [0.3, 0.4) is 0 Å². The van der Waals surface area contributed by atoms with E-state index in [-0.39, 0.29) is 17.9 Å². The molecule has 0 bridgehead atoms. The molecular weight excluding hydrogens is 342 g/mol. The van der Waals surface area contributed by atoms with Crippen molar-refractivity contribution in [2.24, 2.45) is 0 Å². The second-order valence-electron chi connectivity index (χ2n) is 7.33. The fraction of sp³-hybridized carbons (Fsp3) is 0.706. The fourth-order valence-electron chi connectivity index (χ4n) is 2.39. The lowest BCUT2D eigenvalue weighted by Gasteiger charge is -2.39. The number of ether oxygens (including phenoxy) is 2. The minimum absolute atomic E-state index is 0.0206. The van der Waals surface area contributed by atoms with Crippen LogP contribution in [0.15, 0.2) is 0 Å². The third-order valence-corrected chi connectivity index (χ3v) is 4.63. The van der Waals surface area contributed by atoms with Gasteiger partial charge in [0.1, 0.15) is 10.5 Å². The van der Waals surface area contributed by atoms with Gasteiger partial charge in [-0.2, -0.15) is 0 Å². The SMILES string of the molecule is CCOC(=O)c1sc(N2CC(NC(=O)OC(C)(C)C)C2)nc1C(C)C. The van der Waals surface area contributed by atoms with Crippen molar-refractivity contribution < 1.29 is 19.1 Å². The van der Waals surface area contributed by atoms with Gasteiger partial charge in [0.05, 0.1) is 18.3 Å². The molecule has 140 valence electrons. The van der Waals surface area contributed by atoms with Crippen LogP contribution in [0.4, 0.5) is 9.93 Å². The van der Waals surface area contributed by atoms with E-state index in [0.29, 0.717) is 24.6 Å². The quantitative estimate of drug-likeness (QED) is 0.803. The monoisotopic (exact) mass is 369 g/mol. The van der Waals surface area contributed by atoms with Crippen molar-refractivity contribution in [2.45, 2.75) is 59.1 Å². The third-order valence-electron chi connectivity index (χ3n) is 3.52. The lowest BCUT2D eigenvalue weighted by Crippen LogP contribution is -2.60. The van der Waals surface area contributed by atoms with Gasteiger partial charge >= 0.3 is 12.1 Å². The van der Waals surface area contributed by atoms with Crippen LogP contribution in [0.25, 0.3) is 0 Å². The van der Waals surface area contributed by atoms with Crippen LogP contribution in [0, 0.1) is 0 Å². The topological polar surface area (TPSA) is 80.8 Å². The second kappa shape index (κ2) is 7.59. The molecule has 0 aliphatic carbocycles. The van der Waals surface area contributed by atoms with E-state index in [4.69, 9.17) is 9.47 Å². The molecule has 8 heteroatoms. The Balaban J connectivity index is 1.97. The zero-order chi connectivity index (χ0) is 18.8. The molecule has 7 nitrogen and oxygen atoms in total. The number of thiazole rings is 1. The summed E-state index contributed by atoms with van der Waals surface area (Å²) in [5.74, 6) is -0.180. The van der Waals surface area contributed by atoms with Crippen molar-refractivity contribution in [3.63, 3.8) is 0 Å². The van der Waals surface area contributed by atoms with Gasteiger partial charge in [-0.1, -0.05) is 25.2 Å². The van der Waals surface area contributed by atoms with Gasteiger partial charge in [0.15, 0.2) is 5.13 Å². The first kappa shape index (κ1) is 19.5. The average molecular weight is 369 g/mol. The summed E-state index contributed by atoms with van der Waals surface area (Å²) < 4.78 is 10.4. The molecule has 2 heterocycles. The molecule has 1 aliphatic rings. The number of esters is 1. The second-order valence-corrected chi connectivity index (χ2v) is 8.31. The summed E-state index contributed by atoms with van der Waals surface area (Å²) in [4.78, 5) is 31.1. The molecule has 0 spiro atoms. The highest BCUT2D eigenvalue weighted by molar-refractivity contribution is 7.17. The number of hydrogen-bond acceptors (Lipinski definition) is 7. The number of hydrogen-bond donors (Lipinski definition) is 1. The highest BCUT2D eigenvalue weighted by Gasteiger charge is 2.33. The molecule has 0 atom stereocenters. The van der Waals surface area contributed by atoms with E-state index in [1.165, 1.54) is 11.3 Å². The molecule has 0 aromatic carbocycles. The summed E-state index contributed by atoms with van der Waals surface area (Å²) >= 11 is 1.35. The van der Waals surface area contributed by atoms with Crippen molar-refractivity contribution in [1.82, 2.24) is 10.3 Å². The van der Waals surface area contributed by atoms with Crippen molar-refractivity contribution in [1.29, 1.82) is 0 Å². The number of carbonyl (C=O) groups excluding carboxylic acids is 2. The predicted molar refractivity (Wildman–Crippen MR) is 97.5 cm³/mol. The maximum absolute atomic E-state index is 12.1. The Bertz CT molecular complexity index is 630. The number of nitrogens with zero attached hydrogens (tertiary/aromatic N) is 2. The Labute approximate surface area is 152 Å². The summed E-state index contributed by atoms with van der Waals surface area (Å²) in [6.45, 7) is 12.9. The fourth-order valence-corrected chi connectivity index (χ4v) is 3.52. The first-order valence-corrected chi connectivity index (χ1v) is 9.34. The number of rotatable bonds is 5. The predicted octanol–water partition coefficient (Wildman–Crippen LogP) is 3.16. The molecule has 1 aromatic heterocycles. The molecular formula is C17H27N3O4S. The van der Waals surface area contributed by atoms with Crippen molar-refractivity contribution in [3.8, 4) is 0 Å². The van der Waals surface area contributed by atoms with Gasteiger partial charge < -0.3 is 19.7 Å². The average Bonchev–Trinajstić information content (AvgIpc) is 2.85. The molecule has 0 unspecified atom stereocenters. The Morgan fingerprint density at radius 3 is 2.52 bits per heavy atom. The smallest absolute Gasteiger partial charge is 0.407 e. The van der Waals surface area contributed by atoms with E-state index in [1.807, 2.05) is 39.5 Å². The van der Waals surface area contributed by atoms with Gasteiger partial charge in [-0.25, -0.2) is 14.6 Å². The third kappa shape index (κ3) is 5.07. The number of carbonyl (C=O) groups is 2. The first-order valence-electron chi connectivity index (χ1n) is 8.53. The standard InChI is InChI=1S/C17H27N3O4S/c1-7-23-14(21)13-12(10(2)3)19-15(25-13)20-8-11(9-20)18-16(22)24-17(4,5)6/h10-11H,7-9H2,1-6H3,(H,18,22). The number of anilines is 1. The minimum Gasteiger partial charge on any atom is -0.462 e. The van der Waals surface area contributed by atoms with Crippen LogP contribution in [0.1, 0.15) is 62.8 Å². The van der Waals surface area contributed by atoms with E-state index < -0.39 is 11.7 Å². The Morgan fingerprint density at radius 1 is 1.36 bits per heavy atom. The maximum atomic E-state index is 12.1. The molecule has 2 rings (SSSR count). The molecule has 1 amide bonds. The highest BCUT2D eigenvalue weighted by Crippen LogP contribution is 2.33. The Kier molecular flexibility index (Phi) is 5.92. The lowest BCUT2D eigenvalue weighted by molar-refractivity contribution is 0.0493. The first-order chi connectivity index (χ1) is 11.6. The van der Waals surface area contributed by atoms with Gasteiger partial charge in [0.25, 0.3) is 0 Å². The van der Waals surface area contributed by atoms with E-state index in [0.717, 1.165) is 10.8 Å². The summed E-state index contributed by atoms with van der Waals surface area (Å²) in [7, 11) is 0. The van der Waals surface area contributed by atoms with Crippen molar-refractivity contribution in [2.75, 3.05) is 24.6 Å². The largest absolute Gasteiger partial charge is 0.462 e. The van der Waals surface area contributed by atoms with Crippen LogP contribution in [0.5, 0.6) is 0 Å². The normalized spacial score (nSPS) is 15.1. The van der Waals surface area contributed by atoms with Crippen LogP contribution in [-0.4, -0.2) is 48.4 Å². The summed E-state index contributed by atoms with van der Waals surface area (Å²) in [6.07, 6.45) is -0.411. The van der Waals surface area contributed by atoms with E-state index >= 15 is 0 Å². The molecule has 0 saturated carbocycles. The summed E-state index contributed by atoms with van der Waals surface area (Å²) in [5, 5.41) is 3.63. The molecule has 25 heavy (non-hydrogen) atoms. The van der Waals surface area contributed by atoms with E-state index in [1.54, 1.807) is 6.92 Å². The van der Waals surface area contributed by atoms with Gasteiger partial charge in [0.2, 0.25) is 0 Å².